The standard InChI is InChI=1S/C27H25BrN3S.HI/c1-3-4-10-22-15-19(16-26-29-27-25(32-26)17-20(28)18-30(27)2)23-13-8-9-14-24(23)31(22)21-11-6-5-7-12-21;/h5-9,11-18H,3-4,10H2,1-2H3;1H/q+1;. The van der Waals surface area contributed by atoms with Gasteiger partial charge in [0.1, 0.15) is 10.9 Å². The zero-order valence-corrected chi connectivity index (χ0v) is 23.4. The Morgan fingerprint density at radius 3 is 2.64 bits per heavy atom. The lowest BCUT2D eigenvalue weighted by atomic mass is 9.94. The lowest BCUT2D eigenvalue weighted by Crippen LogP contribution is -2.28. The average molecular weight is 631 g/mol. The van der Waals surface area contributed by atoms with Crippen molar-refractivity contribution in [3.63, 3.8) is 0 Å². The number of nitrogens with zero attached hydrogens (tertiary/aromatic N) is 3. The second-order valence-corrected chi connectivity index (χ2v) is 10.0. The van der Waals surface area contributed by atoms with Gasteiger partial charge in [-0.05, 0) is 69.7 Å². The molecular formula is C27H26BrIN3S+. The maximum Gasteiger partial charge on any atom is 0.342 e. The molecule has 2 aromatic heterocycles. The summed E-state index contributed by atoms with van der Waals surface area (Å²) in [6.45, 7) is 2.25. The van der Waals surface area contributed by atoms with Crippen LogP contribution in [0.1, 0.15) is 36.8 Å². The molecule has 33 heavy (non-hydrogen) atoms. The topological polar surface area (TPSA) is 20.0 Å². The number of fused-ring (bicyclic) bond motifs is 2. The van der Waals surface area contributed by atoms with Crippen LogP contribution in [0.5, 0.6) is 0 Å². The highest BCUT2D eigenvalue weighted by molar-refractivity contribution is 14.0. The zero-order chi connectivity index (χ0) is 22.1. The third kappa shape index (κ3) is 4.93. The second-order valence-electron chi connectivity index (χ2n) is 8.04. The molecule has 0 fully saturated rings. The van der Waals surface area contributed by atoms with E-state index in [-0.39, 0.29) is 24.0 Å². The van der Waals surface area contributed by atoms with Crippen LogP contribution >= 0.6 is 51.2 Å². The largest absolute Gasteiger partial charge is 0.342 e. The van der Waals surface area contributed by atoms with Crippen molar-refractivity contribution in [1.29, 1.82) is 0 Å². The minimum absolute atomic E-state index is 0. The molecule has 0 atom stereocenters. The lowest BCUT2D eigenvalue weighted by molar-refractivity contribution is -0.647. The van der Waals surface area contributed by atoms with Crippen LogP contribution in [-0.2, 0) is 7.05 Å². The van der Waals surface area contributed by atoms with E-state index in [2.05, 4.69) is 111 Å². The number of aromatic nitrogens is 2. The van der Waals surface area contributed by atoms with E-state index >= 15 is 0 Å². The van der Waals surface area contributed by atoms with Gasteiger partial charge in [0, 0.05) is 23.0 Å². The van der Waals surface area contributed by atoms with E-state index in [0.717, 1.165) is 28.0 Å². The van der Waals surface area contributed by atoms with Crippen molar-refractivity contribution in [2.45, 2.75) is 26.2 Å². The monoisotopic (exact) mass is 630 g/mol. The number of hydrogen-bond donors (Lipinski definition) is 0. The van der Waals surface area contributed by atoms with Crippen LogP contribution in [0.4, 0.5) is 11.4 Å². The Balaban J connectivity index is 0.00000259. The van der Waals surface area contributed by atoms with Crippen molar-refractivity contribution in [2.75, 3.05) is 4.90 Å². The Morgan fingerprint density at radius 2 is 1.85 bits per heavy atom. The molecule has 4 aromatic rings. The van der Waals surface area contributed by atoms with E-state index in [4.69, 9.17) is 4.98 Å². The van der Waals surface area contributed by atoms with Crippen molar-refractivity contribution >= 4 is 84.6 Å². The van der Waals surface area contributed by atoms with Gasteiger partial charge >= 0.3 is 5.65 Å². The van der Waals surface area contributed by atoms with Crippen LogP contribution < -0.4 is 9.47 Å². The van der Waals surface area contributed by atoms with Crippen molar-refractivity contribution in [3.8, 4) is 0 Å². The SMILES string of the molecule is CCCCC1=C/C(=C\c2nc3c(cc(Br)c[n+]3C)s2)c2ccccc2N1c1ccccc1.I. The minimum Gasteiger partial charge on any atom is -0.314 e. The molecule has 0 saturated carbocycles. The number of benzene rings is 2. The van der Waals surface area contributed by atoms with Gasteiger partial charge in [-0.15, -0.1) is 24.0 Å². The number of para-hydroxylation sites is 2. The fraction of sp³-hybridized carbons (Fsp3) is 0.185. The molecule has 0 aliphatic carbocycles. The van der Waals surface area contributed by atoms with E-state index in [0.29, 0.717) is 0 Å². The van der Waals surface area contributed by atoms with E-state index < -0.39 is 0 Å². The van der Waals surface area contributed by atoms with Gasteiger partial charge in [0.2, 0.25) is 5.01 Å². The molecule has 168 valence electrons. The molecule has 0 bridgehead atoms. The first-order chi connectivity index (χ1) is 15.6. The summed E-state index contributed by atoms with van der Waals surface area (Å²) in [7, 11) is 2.04. The molecule has 0 unspecified atom stereocenters. The number of unbranched alkanes of at least 4 members (excludes halogenated alkanes) is 1. The Kier molecular flexibility index (Phi) is 7.66. The van der Waals surface area contributed by atoms with Gasteiger partial charge in [-0.1, -0.05) is 61.1 Å². The summed E-state index contributed by atoms with van der Waals surface area (Å²) in [6.07, 6.45) is 10.0. The Labute approximate surface area is 224 Å². The minimum atomic E-state index is 0. The summed E-state index contributed by atoms with van der Waals surface area (Å²) in [4.78, 5) is 7.34. The summed E-state index contributed by atoms with van der Waals surface area (Å²) >= 11 is 5.33. The summed E-state index contributed by atoms with van der Waals surface area (Å²) in [5.41, 5.74) is 7.24. The van der Waals surface area contributed by atoms with Crippen molar-refractivity contribution < 1.29 is 4.57 Å². The highest BCUT2D eigenvalue weighted by Gasteiger charge is 2.24. The van der Waals surface area contributed by atoms with Gasteiger partial charge < -0.3 is 4.90 Å². The first-order valence-corrected chi connectivity index (χ1v) is 12.6. The van der Waals surface area contributed by atoms with Gasteiger partial charge in [-0.3, -0.25) is 0 Å². The van der Waals surface area contributed by atoms with Crippen LogP contribution in [0.3, 0.4) is 0 Å². The number of thiazole rings is 1. The van der Waals surface area contributed by atoms with Crippen LogP contribution in [0.15, 0.2) is 83.1 Å². The molecule has 3 nitrogen and oxygen atoms in total. The molecular weight excluding hydrogens is 605 g/mol. The van der Waals surface area contributed by atoms with Gasteiger partial charge in [0.25, 0.3) is 0 Å². The number of hydrogen-bond acceptors (Lipinski definition) is 3. The number of rotatable bonds is 5. The molecule has 2 aromatic carbocycles. The number of pyridine rings is 1. The number of aryl methyl sites for hydroxylation is 1. The van der Waals surface area contributed by atoms with E-state index in [9.17, 15) is 0 Å². The second kappa shape index (κ2) is 10.5. The lowest BCUT2D eigenvalue weighted by Gasteiger charge is -2.34. The van der Waals surface area contributed by atoms with Gasteiger partial charge in [-0.25, -0.2) is 4.57 Å². The van der Waals surface area contributed by atoms with Gasteiger partial charge in [-0.2, -0.15) is 0 Å². The normalized spacial score (nSPS) is 14.2. The van der Waals surface area contributed by atoms with Crippen LogP contribution in [0, 0.1) is 0 Å². The summed E-state index contributed by atoms with van der Waals surface area (Å²) in [5, 5.41) is 1.03. The third-order valence-corrected chi connectivity index (χ3v) is 7.09. The van der Waals surface area contributed by atoms with Crippen molar-refractivity contribution in [3.05, 3.63) is 93.7 Å². The molecule has 0 amide bonds. The molecule has 0 spiro atoms. The van der Waals surface area contributed by atoms with Crippen LogP contribution in [0.2, 0.25) is 0 Å². The van der Waals surface area contributed by atoms with Gasteiger partial charge in [0.05, 0.1) is 17.2 Å². The third-order valence-electron chi connectivity index (χ3n) is 5.72. The Hall–Kier alpha value is -2.03. The molecule has 1 aliphatic heterocycles. The molecule has 0 saturated heterocycles. The molecule has 0 N–H and O–H groups in total. The van der Waals surface area contributed by atoms with E-state index in [1.807, 2.05) is 7.05 Å². The summed E-state index contributed by atoms with van der Waals surface area (Å²) in [6, 6.07) is 21.5. The Bertz CT molecular complexity index is 1340. The first kappa shape index (κ1) is 24.1. The van der Waals surface area contributed by atoms with Crippen LogP contribution in [0.25, 0.3) is 22.0 Å². The zero-order valence-electron chi connectivity index (χ0n) is 18.7. The van der Waals surface area contributed by atoms with Crippen molar-refractivity contribution in [2.24, 2.45) is 7.05 Å². The molecule has 3 heterocycles. The number of halogens is 2. The first-order valence-electron chi connectivity index (χ1n) is 11.0. The number of allylic oxidation sites excluding steroid dienone is 3. The fourth-order valence-electron chi connectivity index (χ4n) is 4.22. The number of anilines is 2. The molecule has 1 aliphatic rings. The molecule has 5 rings (SSSR count). The predicted molar refractivity (Wildman–Crippen MR) is 154 cm³/mol. The van der Waals surface area contributed by atoms with Crippen LogP contribution in [-0.4, -0.2) is 4.98 Å². The summed E-state index contributed by atoms with van der Waals surface area (Å²) < 4.78 is 4.32. The average Bonchev–Trinajstić information content (AvgIpc) is 3.21. The summed E-state index contributed by atoms with van der Waals surface area (Å²) in [5.74, 6) is 0. The highest BCUT2D eigenvalue weighted by atomic mass is 127. The van der Waals surface area contributed by atoms with Gasteiger partial charge in [0.15, 0.2) is 0 Å². The quantitative estimate of drug-likeness (QED) is 0.163. The maximum absolute atomic E-state index is 4.93. The maximum atomic E-state index is 4.93. The molecule has 0 radical (unpaired) electrons. The van der Waals surface area contributed by atoms with E-state index in [1.54, 1.807) is 11.3 Å². The molecule has 6 heteroatoms. The van der Waals surface area contributed by atoms with E-state index in [1.165, 1.54) is 39.3 Å². The van der Waals surface area contributed by atoms with Crippen molar-refractivity contribution in [1.82, 2.24) is 4.98 Å². The fourth-order valence-corrected chi connectivity index (χ4v) is 5.92. The highest BCUT2D eigenvalue weighted by Crippen LogP contribution is 2.43. The Morgan fingerprint density at radius 1 is 1.09 bits per heavy atom. The predicted octanol–water partition coefficient (Wildman–Crippen LogP) is 8.27. The smallest absolute Gasteiger partial charge is 0.314 e.